The predicted octanol–water partition coefficient (Wildman–Crippen LogP) is 7.92. The van der Waals surface area contributed by atoms with Gasteiger partial charge in [0, 0.05) is 40.4 Å². The molecular formula is C39H44F10IN5O7. The van der Waals surface area contributed by atoms with E-state index in [-0.39, 0.29) is 22.4 Å². The summed E-state index contributed by atoms with van der Waals surface area (Å²) in [6.45, 7) is -2.65. The monoisotopic (exact) mass is 1010 g/mol. The van der Waals surface area contributed by atoms with Crippen LogP contribution in [0.5, 0.6) is 0 Å². The van der Waals surface area contributed by atoms with Gasteiger partial charge in [-0.25, -0.2) is 23.3 Å². The number of rotatable bonds is 19. The number of methoxy groups -OCH3 is 2. The molecule has 23 heteroatoms. The molecule has 2 aromatic carbocycles. The number of carbonyl (C=O) groups is 4. The van der Waals surface area contributed by atoms with Gasteiger partial charge in [0.25, 0.3) is 0 Å². The standard InChI is InChI=1S/C39H44F10IN5O7/c1-36(2,38(44,45)46)25(17-31(58)61-5)33(59)53-54(18-24-26(40)14-21(15-27(24)41)28-11-12-55(52-28)34(42)43)19-30(57)22(13-20-7-9-23(50)10-8-20)16-29(56)32(51-35(60)62-6)37(3,4)39(47,48)49/h7-12,14-15,22,25,30,32,34,57H,13,16-19H2,1-6H3,(H,51,60)(H,53,59)/t22-,25-,30+,32-/m1/s1. The number of aliphatic hydroxyl groups is 1. The normalized spacial score (nSPS) is 14.6. The topological polar surface area (TPSA) is 152 Å². The van der Waals surface area contributed by atoms with E-state index in [4.69, 9.17) is 0 Å². The third kappa shape index (κ3) is 13.0. The third-order valence-electron chi connectivity index (χ3n) is 10.4. The SMILES string of the molecule is COC(=O)C[C@H](C(=O)NN(Cc1c(F)cc(-c2ccn(C(F)F)n2)cc1F)C[C@H](O)[C@@H](CC(=O)[C@@H](NC(=O)OC)C(C)(C)C(F)(F)F)Cc1ccc(I)cc1)C(C)(C)C(F)(F)F. The highest BCUT2D eigenvalue weighted by molar-refractivity contribution is 14.1. The molecule has 0 saturated heterocycles. The van der Waals surface area contributed by atoms with Gasteiger partial charge >= 0.3 is 31.0 Å². The summed E-state index contributed by atoms with van der Waals surface area (Å²) >= 11 is 1.98. The van der Waals surface area contributed by atoms with Crippen LogP contribution in [0.1, 0.15) is 58.2 Å². The molecule has 3 N–H and O–H groups in total. The first-order chi connectivity index (χ1) is 28.5. The molecule has 0 unspecified atom stereocenters. The number of hydrazine groups is 1. The summed E-state index contributed by atoms with van der Waals surface area (Å²) in [5.74, 6) is -10.5. The Morgan fingerprint density at radius 1 is 0.871 bits per heavy atom. The molecule has 62 heavy (non-hydrogen) atoms. The Hall–Kier alpha value is -4.52. The van der Waals surface area contributed by atoms with Crippen molar-refractivity contribution in [3.8, 4) is 11.3 Å². The van der Waals surface area contributed by atoms with E-state index < -0.39 is 121 Å². The number of hydrogen-bond acceptors (Lipinski definition) is 9. The number of nitrogens with one attached hydrogen (secondary N) is 2. The number of hydrogen-bond donors (Lipinski definition) is 3. The molecule has 1 heterocycles. The summed E-state index contributed by atoms with van der Waals surface area (Å²) in [6, 6.07) is 6.48. The third-order valence-corrected chi connectivity index (χ3v) is 11.1. The number of aromatic nitrogens is 2. The van der Waals surface area contributed by atoms with Gasteiger partial charge in [0.1, 0.15) is 17.7 Å². The van der Waals surface area contributed by atoms with E-state index in [1.807, 2.05) is 27.9 Å². The first-order valence-electron chi connectivity index (χ1n) is 18.4. The molecule has 0 aliphatic heterocycles. The quantitative estimate of drug-likeness (QED) is 0.0471. The van der Waals surface area contributed by atoms with Gasteiger partial charge in [0.05, 0.1) is 49.2 Å². The molecule has 4 atom stereocenters. The van der Waals surface area contributed by atoms with E-state index in [0.29, 0.717) is 50.4 Å². The first-order valence-corrected chi connectivity index (χ1v) is 19.5. The lowest BCUT2D eigenvalue weighted by Crippen LogP contribution is -2.57. The van der Waals surface area contributed by atoms with Gasteiger partial charge in [-0.05, 0) is 84.7 Å². The molecule has 0 bridgehead atoms. The minimum absolute atomic E-state index is 0.208. The fourth-order valence-electron chi connectivity index (χ4n) is 6.22. The first kappa shape index (κ1) is 51.8. The van der Waals surface area contributed by atoms with Gasteiger partial charge < -0.3 is 19.9 Å². The summed E-state index contributed by atoms with van der Waals surface area (Å²) in [6.07, 6.45) is -15.1. The Balaban J connectivity index is 2.16. The van der Waals surface area contributed by atoms with Crippen molar-refractivity contribution in [1.82, 2.24) is 25.5 Å². The van der Waals surface area contributed by atoms with Crippen molar-refractivity contribution >= 4 is 46.3 Å². The Morgan fingerprint density at radius 2 is 1.44 bits per heavy atom. The molecular weight excluding hydrogens is 967 g/mol. The number of amides is 2. The molecule has 0 saturated carbocycles. The van der Waals surface area contributed by atoms with Crippen molar-refractivity contribution in [1.29, 1.82) is 0 Å². The average molecular weight is 1010 g/mol. The molecule has 3 aromatic rings. The molecule has 1 aromatic heterocycles. The zero-order valence-corrected chi connectivity index (χ0v) is 36.1. The zero-order chi connectivity index (χ0) is 47.1. The second-order valence-electron chi connectivity index (χ2n) is 15.4. The minimum atomic E-state index is -5.13. The van der Waals surface area contributed by atoms with E-state index in [9.17, 15) is 59.4 Å². The minimum Gasteiger partial charge on any atom is -0.469 e. The van der Waals surface area contributed by atoms with E-state index in [1.54, 1.807) is 24.3 Å². The number of carbonyl (C=O) groups excluding carboxylic acids is 4. The summed E-state index contributed by atoms with van der Waals surface area (Å²) in [5.41, 5.74) is -4.86. The smallest absolute Gasteiger partial charge is 0.407 e. The molecule has 0 aliphatic rings. The maximum absolute atomic E-state index is 15.8. The molecule has 0 fully saturated rings. The summed E-state index contributed by atoms with van der Waals surface area (Å²) in [5, 5.41) is 17.8. The molecule has 3 rings (SSSR count). The van der Waals surface area contributed by atoms with Gasteiger partial charge in [-0.1, -0.05) is 26.0 Å². The highest BCUT2D eigenvalue weighted by atomic mass is 127. The number of benzene rings is 2. The second kappa shape index (κ2) is 20.8. The van der Waals surface area contributed by atoms with Crippen LogP contribution in [0, 0.1) is 37.9 Å². The van der Waals surface area contributed by atoms with Crippen molar-refractivity contribution < 1.29 is 77.7 Å². The Labute approximate surface area is 362 Å². The number of alkyl carbamates (subject to hydrolysis) is 1. The van der Waals surface area contributed by atoms with Crippen molar-refractivity contribution in [3.63, 3.8) is 0 Å². The van der Waals surface area contributed by atoms with E-state index in [1.165, 1.54) is 0 Å². The van der Waals surface area contributed by atoms with Crippen molar-refractivity contribution in [3.05, 3.63) is 75.0 Å². The van der Waals surface area contributed by atoms with E-state index >= 15 is 8.78 Å². The number of esters is 1. The Bertz CT molecular complexity index is 2020. The van der Waals surface area contributed by atoms with Crippen LogP contribution in [0.3, 0.4) is 0 Å². The van der Waals surface area contributed by atoms with Crippen LogP contribution in [-0.4, -0.2) is 88.9 Å². The number of halogens is 11. The Morgan fingerprint density at radius 3 is 1.92 bits per heavy atom. The lowest BCUT2D eigenvalue weighted by atomic mass is 9.75. The largest absolute Gasteiger partial charge is 0.469 e. The molecule has 2 amide bonds. The highest BCUT2D eigenvalue weighted by Crippen LogP contribution is 2.45. The van der Waals surface area contributed by atoms with Crippen LogP contribution in [0.4, 0.5) is 48.7 Å². The average Bonchev–Trinajstić information content (AvgIpc) is 3.67. The number of nitrogens with zero attached hydrogens (tertiary/aromatic N) is 3. The number of aliphatic hydroxyl groups excluding tert-OH is 1. The predicted molar refractivity (Wildman–Crippen MR) is 208 cm³/mol. The van der Waals surface area contributed by atoms with Crippen molar-refractivity contribution in [2.75, 3.05) is 20.8 Å². The zero-order valence-electron chi connectivity index (χ0n) is 33.9. The Kier molecular flexibility index (Phi) is 17.4. The molecule has 0 aliphatic carbocycles. The van der Waals surface area contributed by atoms with Gasteiger partial charge in [0.2, 0.25) is 5.91 Å². The van der Waals surface area contributed by atoms with Crippen LogP contribution >= 0.6 is 22.6 Å². The van der Waals surface area contributed by atoms with E-state index in [2.05, 4.69) is 20.0 Å². The van der Waals surface area contributed by atoms with Gasteiger partial charge in [-0.2, -0.15) is 40.2 Å². The summed E-state index contributed by atoms with van der Waals surface area (Å²) in [4.78, 5) is 52.1. The summed E-state index contributed by atoms with van der Waals surface area (Å²) in [7, 11) is 1.69. The lowest BCUT2D eigenvalue weighted by molar-refractivity contribution is -0.231. The fourth-order valence-corrected chi connectivity index (χ4v) is 6.58. The van der Waals surface area contributed by atoms with Crippen LogP contribution in [-0.2, 0) is 36.8 Å². The number of Topliss-reactive ketones (excluding diaryl/α,β-unsaturated/α-hetero) is 1. The molecule has 0 radical (unpaired) electrons. The van der Waals surface area contributed by atoms with Crippen LogP contribution in [0.2, 0.25) is 0 Å². The van der Waals surface area contributed by atoms with Crippen molar-refractivity contribution in [2.45, 2.75) is 84.5 Å². The highest BCUT2D eigenvalue weighted by Gasteiger charge is 2.57. The van der Waals surface area contributed by atoms with Gasteiger partial charge in [-0.15, -0.1) is 0 Å². The van der Waals surface area contributed by atoms with Crippen LogP contribution in [0.25, 0.3) is 11.3 Å². The van der Waals surface area contributed by atoms with Crippen LogP contribution < -0.4 is 10.7 Å². The maximum atomic E-state index is 15.8. The van der Waals surface area contributed by atoms with Gasteiger partial charge in [-0.3, -0.25) is 19.8 Å². The van der Waals surface area contributed by atoms with Gasteiger partial charge in [0.15, 0.2) is 5.78 Å². The number of alkyl halides is 8. The maximum Gasteiger partial charge on any atom is 0.407 e. The second-order valence-corrected chi connectivity index (χ2v) is 16.6. The number of ether oxygens (including phenoxy) is 2. The van der Waals surface area contributed by atoms with Crippen molar-refractivity contribution in [2.24, 2.45) is 22.7 Å². The fraction of sp³-hybridized carbons (Fsp3) is 0.513. The van der Waals surface area contributed by atoms with E-state index in [0.717, 1.165) is 30.1 Å². The lowest BCUT2D eigenvalue weighted by Gasteiger charge is -2.37. The molecule has 12 nitrogen and oxygen atoms in total. The van der Waals surface area contributed by atoms with Crippen LogP contribution in [0.15, 0.2) is 48.7 Å². The molecule has 344 valence electrons. The number of ketones is 1. The molecule has 0 spiro atoms. The summed E-state index contributed by atoms with van der Waals surface area (Å²) < 4.78 is 154.